The van der Waals surface area contributed by atoms with Crippen molar-refractivity contribution in [1.82, 2.24) is 4.57 Å². The first-order valence-electron chi connectivity index (χ1n) is 11.0. The number of carbonyl (C=O) groups is 2. The second kappa shape index (κ2) is 9.64. The van der Waals surface area contributed by atoms with Gasteiger partial charge in [0, 0.05) is 23.9 Å². The van der Waals surface area contributed by atoms with Gasteiger partial charge in [-0.25, -0.2) is 0 Å². The van der Waals surface area contributed by atoms with E-state index in [9.17, 15) is 19.5 Å². The molecule has 0 bridgehead atoms. The Morgan fingerprint density at radius 1 is 1.16 bits per heavy atom. The lowest BCUT2D eigenvalue weighted by atomic mass is 9.90. The van der Waals surface area contributed by atoms with Gasteiger partial charge in [0.1, 0.15) is 6.61 Å². The van der Waals surface area contributed by atoms with Crippen molar-refractivity contribution in [3.8, 4) is 0 Å². The summed E-state index contributed by atoms with van der Waals surface area (Å²) in [6.07, 6.45) is 7.04. The van der Waals surface area contributed by atoms with Crippen LogP contribution < -0.4 is 10.9 Å². The molecule has 31 heavy (non-hydrogen) atoms. The molecule has 0 radical (unpaired) electrons. The first kappa shape index (κ1) is 23.0. The van der Waals surface area contributed by atoms with Crippen molar-refractivity contribution in [3.05, 3.63) is 40.3 Å². The summed E-state index contributed by atoms with van der Waals surface area (Å²) < 4.78 is 6.56. The van der Waals surface area contributed by atoms with Gasteiger partial charge in [0.15, 0.2) is 0 Å². The van der Waals surface area contributed by atoms with E-state index in [2.05, 4.69) is 5.32 Å². The van der Waals surface area contributed by atoms with Crippen LogP contribution in [0.25, 0.3) is 10.8 Å². The molecule has 0 unspecified atom stereocenters. The average Bonchev–Trinajstić information content (AvgIpc) is 2.92. The van der Waals surface area contributed by atoms with Crippen molar-refractivity contribution in [3.63, 3.8) is 0 Å². The van der Waals surface area contributed by atoms with Crippen molar-refractivity contribution in [2.45, 2.75) is 77.4 Å². The van der Waals surface area contributed by atoms with Gasteiger partial charge in [-0.05, 0) is 44.4 Å². The number of hydrogen-bond acceptors (Lipinski definition) is 5. The highest BCUT2D eigenvalue weighted by atomic mass is 16.5. The van der Waals surface area contributed by atoms with Gasteiger partial charge in [0.05, 0.1) is 23.8 Å². The van der Waals surface area contributed by atoms with E-state index in [-0.39, 0.29) is 30.5 Å². The molecule has 1 amide bonds. The zero-order chi connectivity index (χ0) is 22.6. The fourth-order valence-electron chi connectivity index (χ4n) is 4.33. The number of aryl methyl sites for hydroxylation is 1. The quantitative estimate of drug-likeness (QED) is 0.538. The van der Waals surface area contributed by atoms with Gasteiger partial charge in [0.25, 0.3) is 5.56 Å². The van der Waals surface area contributed by atoms with E-state index < -0.39 is 11.6 Å². The number of esters is 1. The molecule has 7 heteroatoms. The van der Waals surface area contributed by atoms with Crippen LogP contribution in [0, 0.1) is 6.92 Å². The van der Waals surface area contributed by atoms with Crippen LogP contribution in [0.5, 0.6) is 0 Å². The Morgan fingerprint density at radius 3 is 2.48 bits per heavy atom. The number of pyridine rings is 1. The maximum atomic E-state index is 13.0. The molecule has 1 aliphatic carbocycles. The molecule has 2 N–H and O–H groups in total. The number of aromatic nitrogens is 1. The average molecular weight is 429 g/mol. The smallest absolute Gasteiger partial charge is 0.302 e. The minimum absolute atomic E-state index is 0.0549. The van der Waals surface area contributed by atoms with Crippen molar-refractivity contribution in [2.24, 2.45) is 0 Å². The van der Waals surface area contributed by atoms with Crippen LogP contribution in [-0.2, 0) is 14.3 Å². The predicted octanol–water partition coefficient (Wildman–Crippen LogP) is 3.85. The molecule has 0 aliphatic heterocycles. The first-order valence-corrected chi connectivity index (χ1v) is 11.0. The van der Waals surface area contributed by atoms with Gasteiger partial charge >= 0.3 is 5.97 Å². The van der Waals surface area contributed by atoms with Crippen molar-refractivity contribution < 1.29 is 19.4 Å². The summed E-state index contributed by atoms with van der Waals surface area (Å²) in [7, 11) is 0. The third kappa shape index (κ3) is 5.53. The summed E-state index contributed by atoms with van der Waals surface area (Å²) in [4.78, 5) is 36.9. The number of fused-ring (bicyclic) bond motifs is 1. The summed E-state index contributed by atoms with van der Waals surface area (Å²) in [5.74, 6) is -0.635. The van der Waals surface area contributed by atoms with Crippen LogP contribution >= 0.6 is 0 Å². The van der Waals surface area contributed by atoms with E-state index in [1.165, 1.54) is 11.5 Å². The molecule has 3 rings (SSSR count). The summed E-state index contributed by atoms with van der Waals surface area (Å²) in [5, 5.41) is 14.9. The van der Waals surface area contributed by atoms with Gasteiger partial charge in [-0.3, -0.25) is 14.4 Å². The molecule has 0 spiro atoms. The van der Waals surface area contributed by atoms with Crippen LogP contribution in [0.3, 0.4) is 0 Å². The van der Waals surface area contributed by atoms with Crippen LogP contribution in [0.15, 0.2) is 29.2 Å². The third-order valence-corrected chi connectivity index (χ3v) is 6.11. The molecule has 1 aliphatic rings. The maximum Gasteiger partial charge on any atom is 0.302 e. The van der Waals surface area contributed by atoms with Crippen LogP contribution in [0.1, 0.15) is 70.4 Å². The summed E-state index contributed by atoms with van der Waals surface area (Å²) in [6, 6.07) is 5.03. The Hall–Kier alpha value is -2.67. The first-order chi connectivity index (χ1) is 14.7. The minimum Gasteiger partial charge on any atom is -0.464 e. The third-order valence-electron chi connectivity index (χ3n) is 6.11. The van der Waals surface area contributed by atoms with E-state index in [1.807, 2.05) is 6.92 Å². The highest BCUT2D eigenvalue weighted by Gasteiger charge is 2.31. The molecule has 2 aromatic rings. The van der Waals surface area contributed by atoms with E-state index in [4.69, 9.17) is 4.74 Å². The number of carbonyl (C=O) groups excluding carboxylic acids is 2. The molecule has 1 atom stereocenters. The molecular weight excluding hydrogens is 396 g/mol. The Kier molecular flexibility index (Phi) is 7.15. The topological polar surface area (TPSA) is 97.6 Å². The highest BCUT2D eigenvalue weighted by molar-refractivity contribution is 6.03. The number of amides is 1. The van der Waals surface area contributed by atoms with E-state index in [0.29, 0.717) is 29.3 Å². The maximum absolute atomic E-state index is 13.0. The van der Waals surface area contributed by atoms with Gasteiger partial charge in [-0.1, -0.05) is 31.7 Å². The second-order valence-corrected chi connectivity index (χ2v) is 8.76. The van der Waals surface area contributed by atoms with Gasteiger partial charge in [-0.15, -0.1) is 0 Å². The summed E-state index contributed by atoms with van der Waals surface area (Å²) >= 11 is 0. The molecule has 1 heterocycles. The SMILES string of the molecule is CC(=O)OC[C@@H](C)n1ccc2c(NC(=O)CC3(O)CCCCCC3)c(C)ccc2c1=O. The lowest BCUT2D eigenvalue weighted by molar-refractivity contribution is -0.142. The molecule has 1 aromatic carbocycles. The van der Waals surface area contributed by atoms with E-state index >= 15 is 0 Å². The number of aliphatic hydroxyl groups is 1. The fourth-order valence-corrected chi connectivity index (χ4v) is 4.33. The van der Waals surface area contributed by atoms with Crippen molar-refractivity contribution >= 4 is 28.3 Å². The van der Waals surface area contributed by atoms with E-state index in [1.54, 1.807) is 31.3 Å². The molecule has 0 saturated heterocycles. The Morgan fingerprint density at radius 2 is 1.84 bits per heavy atom. The summed E-state index contributed by atoms with van der Waals surface area (Å²) in [6.45, 7) is 5.12. The van der Waals surface area contributed by atoms with E-state index in [0.717, 1.165) is 31.2 Å². The van der Waals surface area contributed by atoms with Gasteiger partial charge in [-0.2, -0.15) is 0 Å². The number of nitrogens with zero attached hydrogens (tertiary/aromatic N) is 1. The van der Waals surface area contributed by atoms with Crippen LogP contribution in [0.2, 0.25) is 0 Å². The van der Waals surface area contributed by atoms with Crippen LogP contribution in [0.4, 0.5) is 5.69 Å². The number of anilines is 1. The zero-order valence-electron chi connectivity index (χ0n) is 18.6. The fraction of sp³-hybridized carbons (Fsp3) is 0.542. The lowest BCUT2D eigenvalue weighted by Gasteiger charge is -2.26. The number of rotatable bonds is 6. The molecular formula is C24H32N2O5. The lowest BCUT2D eigenvalue weighted by Crippen LogP contribution is -2.33. The normalized spacial score (nSPS) is 17.0. The number of benzene rings is 1. The largest absolute Gasteiger partial charge is 0.464 e. The van der Waals surface area contributed by atoms with Crippen LogP contribution in [-0.4, -0.2) is 33.8 Å². The number of hydrogen-bond donors (Lipinski definition) is 2. The van der Waals surface area contributed by atoms with Gasteiger partial charge < -0.3 is 19.7 Å². The Balaban J connectivity index is 1.86. The monoisotopic (exact) mass is 428 g/mol. The predicted molar refractivity (Wildman–Crippen MR) is 120 cm³/mol. The summed E-state index contributed by atoms with van der Waals surface area (Å²) in [5.41, 5.74) is 0.267. The van der Waals surface area contributed by atoms with Gasteiger partial charge in [0.2, 0.25) is 5.91 Å². The second-order valence-electron chi connectivity index (χ2n) is 8.76. The molecule has 1 saturated carbocycles. The number of ether oxygens (including phenoxy) is 1. The molecule has 7 nitrogen and oxygen atoms in total. The minimum atomic E-state index is -0.960. The highest BCUT2D eigenvalue weighted by Crippen LogP contribution is 2.31. The molecule has 1 aromatic heterocycles. The zero-order valence-corrected chi connectivity index (χ0v) is 18.6. The molecule has 168 valence electrons. The van der Waals surface area contributed by atoms with Crippen molar-refractivity contribution in [1.29, 1.82) is 0 Å². The number of nitrogens with one attached hydrogen (secondary N) is 1. The van der Waals surface area contributed by atoms with Crippen molar-refractivity contribution in [2.75, 3.05) is 11.9 Å². The standard InChI is InChI=1S/C24H32N2O5/c1-16-8-9-20-19(10-13-26(23(20)29)17(2)15-31-18(3)27)22(16)25-21(28)14-24(30)11-6-4-5-7-12-24/h8-10,13,17,30H,4-7,11-12,14-15H2,1-3H3,(H,25,28)/t17-/m1/s1. The molecule has 1 fully saturated rings. The Labute approximate surface area is 182 Å². The Bertz CT molecular complexity index is 1020.